The Hall–Kier alpha value is -3.31. The van der Waals surface area contributed by atoms with E-state index in [9.17, 15) is 19.1 Å². The first-order valence-electron chi connectivity index (χ1n) is 10.5. The molecule has 1 fully saturated rings. The molecule has 4 nitrogen and oxygen atoms in total. The van der Waals surface area contributed by atoms with Gasteiger partial charge in [0.25, 0.3) is 0 Å². The molecule has 0 radical (unpaired) electrons. The number of carbonyl (C=O) groups is 2. The van der Waals surface area contributed by atoms with Crippen molar-refractivity contribution < 1.29 is 19.1 Å². The second-order valence-electron chi connectivity index (χ2n) is 8.66. The second-order valence-corrected chi connectivity index (χ2v) is 8.66. The number of aliphatic hydroxyl groups excluding tert-OH is 1. The number of carbonyl (C=O) groups excluding carboxylic acids is 2. The van der Waals surface area contributed by atoms with Gasteiger partial charge in [0.1, 0.15) is 5.82 Å². The highest BCUT2D eigenvalue weighted by Crippen LogP contribution is 2.65. The van der Waals surface area contributed by atoms with Crippen LogP contribution in [0.5, 0.6) is 0 Å². The summed E-state index contributed by atoms with van der Waals surface area (Å²) in [5.74, 6) is -3.27. The van der Waals surface area contributed by atoms with Crippen LogP contribution < -0.4 is 4.90 Å². The van der Waals surface area contributed by atoms with Crippen molar-refractivity contribution in [1.29, 1.82) is 0 Å². The number of amides is 2. The van der Waals surface area contributed by atoms with Crippen LogP contribution in [0.2, 0.25) is 0 Å². The summed E-state index contributed by atoms with van der Waals surface area (Å²) in [6, 6.07) is 21.3. The molecule has 0 saturated carbocycles. The molecule has 1 saturated heterocycles. The van der Waals surface area contributed by atoms with E-state index in [1.54, 1.807) is 13.0 Å². The minimum absolute atomic E-state index is 0.0276. The lowest BCUT2D eigenvalue weighted by atomic mass is 9.46. The molecule has 2 amide bonds. The lowest BCUT2D eigenvalue weighted by Crippen LogP contribution is -2.58. The molecule has 4 aliphatic rings. The molecule has 1 N–H and O–H groups in total. The van der Waals surface area contributed by atoms with Gasteiger partial charge in [0.2, 0.25) is 11.8 Å². The molecular formula is C26H20FNO3. The Bertz CT molecular complexity index is 1220. The molecule has 1 heterocycles. The van der Waals surface area contributed by atoms with E-state index in [4.69, 9.17) is 0 Å². The van der Waals surface area contributed by atoms with Gasteiger partial charge in [-0.05, 0) is 41.3 Å². The van der Waals surface area contributed by atoms with Gasteiger partial charge >= 0.3 is 0 Å². The summed E-state index contributed by atoms with van der Waals surface area (Å²) in [5.41, 5.74) is 2.58. The fourth-order valence-electron chi connectivity index (χ4n) is 6.41. The fraction of sp³-hybridized carbons (Fsp3) is 0.231. The quantitative estimate of drug-likeness (QED) is 0.651. The first-order chi connectivity index (χ1) is 15.0. The first kappa shape index (κ1) is 18.5. The number of aliphatic hydroxyl groups is 1. The third kappa shape index (κ3) is 2.02. The second kappa shape index (κ2) is 6.11. The maximum absolute atomic E-state index is 14.7. The monoisotopic (exact) mass is 413 g/mol. The number of anilines is 1. The number of halogens is 1. The molecule has 31 heavy (non-hydrogen) atoms. The molecule has 5 heteroatoms. The number of para-hydroxylation sites is 1. The number of rotatable bonds is 2. The molecule has 154 valence electrons. The Morgan fingerprint density at radius 1 is 0.871 bits per heavy atom. The van der Waals surface area contributed by atoms with Gasteiger partial charge in [0.05, 0.1) is 29.0 Å². The highest BCUT2D eigenvalue weighted by Gasteiger charge is 2.69. The van der Waals surface area contributed by atoms with Crippen LogP contribution >= 0.6 is 0 Å². The molecule has 7 rings (SSSR count). The van der Waals surface area contributed by atoms with Crippen LogP contribution in [0, 0.1) is 17.7 Å². The zero-order valence-electron chi connectivity index (χ0n) is 16.8. The fourth-order valence-corrected chi connectivity index (χ4v) is 6.41. The van der Waals surface area contributed by atoms with Crippen molar-refractivity contribution in [1.82, 2.24) is 0 Å². The van der Waals surface area contributed by atoms with Gasteiger partial charge in [0, 0.05) is 5.92 Å². The maximum Gasteiger partial charge on any atom is 0.239 e. The molecule has 3 aliphatic carbocycles. The Morgan fingerprint density at radius 3 is 2.00 bits per heavy atom. The van der Waals surface area contributed by atoms with Crippen LogP contribution in [0.3, 0.4) is 0 Å². The molecule has 3 aromatic carbocycles. The van der Waals surface area contributed by atoms with Crippen molar-refractivity contribution in [3.05, 3.63) is 101 Å². The van der Waals surface area contributed by atoms with Crippen molar-refractivity contribution in [2.24, 2.45) is 11.8 Å². The van der Waals surface area contributed by atoms with Gasteiger partial charge in [-0.2, -0.15) is 0 Å². The van der Waals surface area contributed by atoms with Crippen LogP contribution in [-0.2, 0) is 15.0 Å². The molecular weight excluding hydrogens is 393 g/mol. The summed E-state index contributed by atoms with van der Waals surface area (Å²) in [6.07, 6.45) is -0.930. The van der Waals surface area contributed by atoms with E-state index in [2.05, 4.69) is 0 Å². The van der Waals surface area contributed by atoms with Crippen molar-refractivity contribution in [2.75, 3.05) is 4.90 Å². The highest BCUT2D eigenvalue weighted by molar-refractivity contribution is 6.23. The van der Waals surface area contributed by atoms with Crippen molar-refractivity contribution in [2.45, 2.75) is 24.4 Å². The number of benzene rings is 3. The predicted octanol–water partition coefficient (Wildman–Crippen LogP) is 3.76. The SMILES string of the molecule is C[C@@H](O)C12c3ccccc3C(c3ccccc31)[C@@H]1C(=O)N(c3ccccc3F)C(=O)[C@@H]12. The maximum atomic E-state index is 14.7. The number of nitrogens with zero attached hydrogens (tertiary/aromatic N) is 1. The van der Waals surface area contributed by atoms with E-state index in [-0.39, 0.29) is 11.6 Å². The Labute approximate surface area is 178 Å². The van der Waals surface area contributed by atoms with Crippen molar-refractivity contribution in [3.8, 4) is 0 Å². The van der Waals surface area contributed by atoms with Gasteiger partial charge in [-0.3, -0.25) is 9.59 Å². The first-order valence-corrected chi connectivity index (χ1v) is 10.5. The Morgan fingerprint density at radius 2 is 1.42 bits per heavy atom. The summed E-state index contributed by atoms with van der Waals surface area (Å²) >= 11 is 0. The van der Waals surface area contributed by atoms with Gasteiger partial charge in [-0.25, -0.2) is 9.29 Å². The van der Waals surface area contributed by atoms with E-state index in [1.807, 2.05) is 48.5 Å². The zero-order valence-corrected chi connectivity index (χ0v) is 16.8. The summed E-state index contributed by atoms with van der Waals surface area (Å²) in [5, 5.41) is 11.3. The third-order valence-corrected chi connectivity index (χ3v) is 7.44. The number of hydrogen-bond donors (Lipinski definition) is 1. The summed E-state index contributed by atoms with van der Waals surface area (Å²) in [6.45, 7) is 1.68. The van der Waals surface area contributed by atoms with Gasteiger partial charge in [-0.15, -0.1) is 0 Å². The van der Waals surface area contributed by atoms with E-state index in [0.717, 1.165) is 27.2 Å². The summed E-state index contributed by atoms with van der Waals surface area (Å²) < 4.78 is 14.7. The minimum atomic E-state index is -1.07. The Kier molecular flexibility index (Phi) is 3.64. The third-order valence-electron chi connectivity index (χ3n) is 7.44. The normalized spacial score (nSPS) is 28.9. The standard InChI is InChI=1S/C26H20FNO3/c1-14(29)26-17-10-4-2-8-15(17)21(16-9-3-5-11-18(16)26)22-23(26)25(31)28(24(22)30)20-13-7-6-12-19(20)27/h2-14,21-23,29H,1H3/t14-,21?,22+,23-,26?/m1/s1. The van der Waals surface area contributed by atoms with E-state index in [0.29, 0.717) is 0 Å². The average molecular weight is 413 g/mol. The minimum Gasteiger partial charge on any atom is -0.392 e. The van der Waals surface area contributed by atoms with Crippen LogP contribution in [-0.4, -0.2) is 23.0 Å². The largest absolute Gasteiger partial charge is 0.392 e. The molecule has 0 spiro atoms. The Balaban J connectivity index is 1.68. The van der Waals surface area contributed by atoms with Gasteiger partial charge in [-0.1, -0.05) is 60.7 Å². The molecule has 2 bridgehead atoms. The average Bonchev–Trinajstić information content (AvgIpc) is 3.05. The van der Waals surface area contributed by atoms with E-state index < -0.39 is 41.0 Å². The van der Waals surface area contributed by atoms with Crippen LogP contribution in [0.1, 0.15) is 35.1 Å². The van der Waals surface area contributed by atoms with Crippen LogP contribution in [0.25, 0.3) is 0 Å². The van der Waals surface area contributed by atoms with Gasteiger partial charge < -0.3 is 5.11 Å². The topological polar surface area (TPSA) is 57.6 Å². The molecule has 0 aromatic heterocycles. The van der Waals surface area contributed by atoms with E-state index in [1.165, 1.54) is 18.2 Å². The van der Waals surface area contributed by atoms with Crippen molar-refractivity contribution in [3.63, 3.8) is 0 Å². The van der Waals surface area contributed by atoms with Crippen molar-refractivity contribution >= 4 is 17.5 Å². The van der Waals surface area contributed by atoms with E-state index >= 15 is 0 Å². The molecule has 3 atom stereocenters. The highest BCUT2D eigenvalue weighted by atomic mass is 19.1. The van der Waals surface area contributed by atoms with Crippen LogP contribution in [0.4, 0.5) is 10.1 Å². The predicted molar refractivity (Wildman–Crippen MR) is 113 cm³/mol. The molecule has 3 aromatic rings. The lowest BCUT2D eigenvalue weighted by molar-refractivity contribution is -0.126. The lowest BCUT2D eigenvalue weighted by Gasteiger charge is -2.55. The summed E-state index contributed by atoms with van der Waals surface area (Å²) in [7, 11) is 0. The number of hydrogen-bond acceptors (Lipinski definition) is 3. The smallest absolute Gasteiger partial charge is 0.239 e. The molecule has 1 aliphatic heterocycles. The zero-order chi connectivity index (χ0) is 21.5. The molecule has 0 unspecified atom stereocenters. The van der Waals surface area contributed by atoms with Crippen LogP contribution in [0.15, 0.2) is 72.8 Å². The number of imide groups is 1. The van der Waals surface area contributed by atoms with Gasteiger partial charge in [0.15, 0.2) is 0 Å². The summed E-state index contributed by atoms with van der Waals surface area (Å²) in [4.78, 5) is 28.6.